The van der Waals surface area contributed by atoms with Crippen molar-refractivity contribution in [2.45, 2.75) is 13.8 Å². The molecular weight excluding hydrogens is 372 g/mol. The highest BCUT2D eigenvalue weighted by Gasteiger charge is 2.24. The van der Waals surface area contributed by atoms with E-state index in [2.05, 4.69) is 20.9 Å². The van der Waals surface area contributed by atoms with Crippen LogP contribution in [-0.4, -0.2) is 22.6 Å². The number of ether oxygens (including phenoxy) is 1. The lowest BCUT2D eigenvalue weighted by Gasteiger charge is -2.17. The minimum Gasteiger partial charge on any atom is -0.496 e. The fourth-order valence-electron chi connectivity index (χ4n) is 3.08. The SMILES string of the molecule is COc1ccc(C)c(-n2c(N)c(C(N)=O)c3cncc(Br)c32)c1C. The van der Waals surface area contributed by atoms with Gasteiger partial charge in [0.05, 0.1) is 28.4 Å². The van der Waals surface area contributed by atoms with E-state index in [1.165, 1.54) is 0 Å². The molecular formula is C17H17BrN4O2. The topological polar surface area (TPSA) is 96.2 Å². The zero-order valence-electron chi connectivity index (χ0n) is 13.6. The van der Waals surface area contributed by atoms with Gasteiger partial charge in [0.1, 0.15) is 11.6 Å². The molecule has 2 heterocycles. The first-order valence-corrected chi connectivity index (χ1v) is 8.05. The van der Waals surface area contributed by atoms with E-state index in [-0.39, 0.29) is 11.4 Å². The van der Waals surface area contributed by atoms with Crippen LogP contribution in [0.1, 0.15) is 21.5 Å². The van der Waals surface area contributed by atoms with Crippen molar-refractivity contribution < 1.29 is 9.53 Å². The van der Waals surface area contributed by atoms with E-state index in [9.17, 15) is 4.79 Å². The molecule has 4 N–H and O–H groups in total. The van der Waals surface area contributed by atoms with Crippen LogP contribution in [0.15, 0.2) is 29.0 Å². The molecule has 0 saturated carbocycles. The van der Waals surface area contributed by atoms with Crippen molar-refractivity contribution in [1.82, 2.24) is 9.55 Å². The van der Waals surface area contributed by atoms with Gasteiger partial charge in [-0.2, -0.15) is 0 Å². The molecule has 0 unspecified atom stereocenters. The smallest absolute Gasteiger partial charge is 0.253 e. The van der Waals surface area contributed by atoms with Crippen molar-refractivity contribution in [2.24, 2.45) is 5.73 Å². The molecule has 2 aromatic heterocycles. The number of nitrogens with zero attached hydrogens (tertiary/aromatic N) is 2. The Hall–Kier alpha value is -2.54. The number of pyridine rings is 1. The molecule has 1 amide bonds. The molecule has 0 radical (unpaired) electrons. The van der Waals surface area contributed by atoms with Gasteiger partial charge in [-0.05, 0) is 41.4 Å². The van der Waals surface area contributed by atoms with Crippen molar-refractivity contribution in [3.05, 3.63) is 45.7 Å². The average Bonchev–Trinajstić information content (AvgIpc) is 2.82. The predicted molar refractivity (Wildman–Crippen MR) is 97.7 cm³/mol. The Bertz CT molecular complexity index is 979. The largest absolute Gasteiger partial charge is 0.496 e. The first-order chi connectivity index (χ1) is 11.4. The van der Waals surface area contributed by atoms with E-state index in [1.54, 1.807) is 19.5 Å². The second-order valence-corrected chi connectivity index (χ2v) is 6.39. The highest BCUT2D eigenvalue weighted by atomic mass is 79.9. The highest BCUT2D eigenvalue weighted by Crippen LogP contribution is 2.38. The Morgan fingerprint density at radius 1 is 1.29 bits per heavy atom. The molecule has 0 aliphatic rings. The van der Waals surface area contributed by atoms with Crippen LogP contribution in [0.2, 0.25) is 0 Å². The zero-order chi connectivity index (χ0) is 17.6. The molecule has 0 saturated heterocycles. The van der Waals surface area contributed by atoms with Crippen LogP contribution in [-0.2, 0) is 0 Å². The fourth-order valence-corrected chi connectivity index (χ4v) is 3.59. The number of aromatic nitrogens is 2. The number of carbonyl (C=O) groups excluding carboxylic acids is 1. The van der Waals surface area contributed by atoms with Gasteiger partial charge < -0.3 is 16.2 Å². The normalized spacial score (nSPS) is 11.0. The number of primary amides is 1. The van der Waals surface area contributed by atoms with Crippen LogP contribution in [0.4, 0.5) is 5.82 Å². The third-order valence-electron chi connectivity index (χ3n) is 4.14. The number of amides is 1. The fraction of sp³-hybridized carbons (Fsp3) is 0.176. The number of hydrogen-bond acceptors (Lipinski definition) is 4. The Kier molecular flexibility index (Phi) is 3.96. The Morgan fingerprint density at radius 3 is 2.62 bits per heavy atom. The lowest BCUT2D eigenvalue weighted by Crippen LogP contribution is -2.14. The molecule has 0 aliphatic heterocycles. The molecule has 6 nitrogen and oxygen atoms in total. The molecule has 0 spiro atoms. The summed E-state index contributed by atoms with van der Waals surface area (Å²) >= 11 is 3.50. The van der Waals surface area contributed by atoms with Crippen LogP contribution in [0, 0.1) is 13.8 Å². The summed E-state index contributed by atoms with van der Waals surface area (Å²) in [6.07, 6.45) is 3.26. The summed E-state index contributed by atoms with van der Waals surface area (Å²) in [6, 6.07) is 3.85. The van der Waals surface area contributed by atoms with Gasteiger partial charge in [-0.1, -0.05) is 6.07 Å². The Labute approximate surface area is 147 Å². The second kappa shape index (κ2) is 5.83. The van der Waals surface area contributed by atoms with Crippen LogP contribution in [0.25, 0.3) is 16.6 Å². The van der Waals surface area contributed by atoms with Crippen LogP contribution in [0.5, 0.6) is 5.75 Å². The third kappa shape index (κ3) is 2.24. The number of fused-ring (bicyclic) bond motifs is 1. The van der Waals surface area contributed by atoms with Gasteiger partial charge in [0, 0.05) is 23.3 Å². The van der Waals surface area contributed by atoms with Crippen molar-refractivity contribution in [2.75, 3.05) is 12.8 Å². The average molecular weight is 389 g/mol. The summed E-state index contributed by atoms with van der Waals surface area (Å²) in [6.45, 7) is 3.93. The summed E-state index contributed by atoms with van der Waals surface area (Å²) in [5, 5.41) is 0.607. The summed E-state index contributed by atoms with van der Waals surface area (Å²) in [4.78, 5) is 16.1. The van der Waals surface area contributed by atoms with Crippen molar-refractivity contribution in [3.8, 4) is 11.4 Å². The lowest BCUT2D eigenvalue weighted by molar-refractivity contribution is 0.100. The number of benzene rings is 1. The maximum absolute atomic E-state index is 11.9. The first kappa shape index (κ1) is 16.3. The van der Waals surface area contributed by atoms with Gasteiger partial charge in [-0.15, -0.1) is 0 Å². The van der Waals surface area contributed by atoms with Gasteiger partial charge >= 0.3 is 0 Å². The molecule has 1 aromatic carbocycles. The molecule has 0 aliphatic carbocycles. The van der Waals surface area contributed by atoms with Crippen LogP contribution in [0.3, 0.4) is 0 Å². The van der Waals surface area contributed by atoms with Crippen molar-refractivity contribution >= 4 is 38.6 Å². The number of nitrogens with two attached hydrogens (primary N) is 2. The number of rotatable bonds is 3. The van der Waals surface area contributed by atoms with Crippen molar-refractivity contribution in [1.29, 1.82) is 0 Å². The maximum Gasteiger partial charge on any atom is 0.253 e. The summed E-state index contributed by atoms with van der Waals surface area (Å²) in [7, 11) is 1.62. The number of halogens is 1. The first-order valence-electron chi connectivity index (χ1n) is 7.26. The van der Waals surface area contributed by atoms with E-state index < -0.39 is 5.91 Å². The molecule has 3 aromatic rings. The van der Waals surface area contributed by atoms with E-state index in [0.29, 0.717) is 5.39 Å². The summed E-state index contributed by atoms with van der Waals surface area (Å²) in [5.41, 5.74) is 15.7. The molecule has 124 valence electrons. The van der Waals surface area contributed by atoms with Crippen molar-refractivity contribution in [3.63, 3.8) is 0 Å². The number of aryl methyl sites for hydroxylation is 1. The maximum atomic E-state index is 11.9. The number of anilines is 1. The minimum atomic E-state index is -0.589. The molecule has 7 heteroatoms. The zero-order valence-corrected chi connectivity index (χ0v) is 15.1. The Balaban J connectivity index is 2.53. The highest BCUT2D eigenvalue weighted by molar-refractivity contribution is 9.10. The van der Waals surface area contributed by atoms with Gasteiger partial charge in [0.25, 0.3) is 5.91 Å². The third-order valence-corrected chi connectivity index (χ3v) is 4.72. The summed E-state index contributed by atoms with van der Waals surface area (Å²) in [5.74, 6) is 0.433. The molecule has 0 bridgehead atoms. The molecule has 3 rings (SSSR count). The standard InChI is InChI=1S/C17H17BrN4O2/c1-8-4-5-12(24-3)9(2)14(8)22-15-10(6-21-7-11(15)18)13(16(22)19)17(20)23/h4-7H,19H2,1-3H3,(H2,20,23). The van der Waals surface area contributed by atoms with E-state index in [0.717, 1.165) is 32.6 Å². The van der Waals surface area contributed by atoms with Gasteiger partial charge in [0.2, 0.25) is 0 Å². The molecule has 0 fully saturated rings. The second-order valence-electron chi connectivity index (χ2n) is 5.54. The Morgan fingerprint density at radius 2 is 2.00 bits per heavy atom. The number of methoxy groups -OCH3 is 1. The van der Waals surface area contributed by atoms with E-state index in [4.69, 9.17) is 16.2 Å². The predicted octanol–water partition coefficient (Wildman–Crippen LogP) is 3.09. The van der Waals surface area contributed by atoms with E-state index >= 15 is 0 Å². The number of nitrogen functional groups attached to an aromatic ring is 1. The number of hydrogen-bond donors (Lipinski definition) is 2. The van der Waals surface area contributed by atoms with Crippen LogP contribution >= 0.6 is 15.9 Å². The monoisotopic (exact) mass is 388 g/mol. The van der Waals surface area contributed by atoms with E-state index in [1.807, 2.05) is 30.5 Å². The molecule has 0 atom stereocenters. The van der Waals surface area contributed by atoms with Crippen LogP contribution < -0.4 is 16.2 Å². The quantitative estimate of drug-likeness (QED) is 0.720. The number of carbonyl (C=O) groups is 1. The lowest BCUT2D eigenvalue weighted by atomic mass is 10.1. The van der Waals surface area contributed by atoms with Gasteiger partial charge in [0.15, 0.2) is 0 Å². The molecule has 24 heavy (non-hydrogen) atoms. The van der Waals surface area contributed by atoms with Gasteiger partial charge in [-0.25, -0.2) is 0 Å². The summed E-state index contributed by atoms with van der Waals surface area (Å²) < 4.78 is 7.98. The minimum absolute atomic E-state index is 0.264. The van der Waals surface area contributed by atoms with Gasteiger partial charge in [-0.3, -0.25) is 14.3 Å².